The number of sulfone groups is 1. The molecule has 0 saturated heterocycles. The predicted molar refractivity (Wildman–Crippen MR) is 156 cm³/mol. The molecule has 45 heavy (non-hydrogen) atoms. The first-order valence-corrected chi connectivity index (χ1v) is 16.0. The van der Waals surface area contributed by atoms with Crippen LogP contribution in [0.15, 0.2) is 67.8 Å². The molecule has 6 N–H and O–H groups in total. The van der Waals surface area contributed by atoms with Crippen LogP contribution in [0.3, 0.4) is 0 Å². The standard InChI is InChI=1S/C15H18N4O12S4.C4H2ClFN2.CH3F/c1-17-12-7-10(16)15(35(24,25)26)8-13(12)19-18-11-3-2-9(6-14(11)32-30-28-20)34(22,23)5-4-27-33-31-29-21;5-3-1-7-2-8-4(3)6;1-2/h2-3,6-8,17,20-21H,4-5,16H2,1H3,(H,24,25,26);1-2H;1H3. The number of benzene rings is 2. The van der Waals surface area contributed by atoms with E-state index in [9.17, 15) is 30.2 Å². The normalized spacial score (nSPS) is 11.4. The van der Waals surface area contributed by atoms with E-state index in [0.717, 1.165) is 18.5 Å². The topological polar surface area (TPSA) is 264 Å². The lowest BCUT2D eigenvalue weighted by molar-refractivity contribution is -0.434. The molecule has 25 heteroatoms. The zero-order chi connectivity index (χ0) is 34.0. The number of anilines is 2. The lowest BCUT2D eigenvalue weighted by Crippen LogP contribution is -2.11. The van der Waals surface area contributed by atoms with Gasteiger partial charge >= 0.3 is 0 Å². The molecule has 2 aromatic carbocycles. The number of aromatic nitrogens is 2. The van der Waals surface area contributed by atoms with Crippen molar-refractivity contribution in [3.63, 3.8) is 0 Å². The van der Waals surface area contributed by atoms with Crippen LogP contribution in [0.1, 0.15) is 0 Å². The number of halogens is 3. The van der Waals surface area contributed by atoms with Gasteiger partial charge in [0.2, 0.25) is 5.95 Å². The van der Waals surface area contributed by atoms with E-state index in [2.05, 4.69) is 44.3 Å². The predicted octanol–water partition coefficient (Wildman–Crippen LogP) is 5.03. The van der Waals surface area contributed by atoms with Gasteiger partial charge in [-0.15, -0.1) is 18.9 Å². The van der Waals surface area contributed by atoms with E-state index in [1.54, 1.807) is 0 Å². The first-order valence-electron chi connectivity index (χ1n) is 11.1. The zero-order valence-electron chi connectivity index (χ0n) is 22.6. The maximum absolute atomic E-state index is 12.5. The molecule has 0 bridgehead atoms. The summed E-state index contributed by atoms with van der Waals surface area (Å²) in [5.74, 6) is -1.16. The lowest BCUT2D eigenvalue weighted by atomic mass is 10.2. The van der Waals surface area contributed by atoms with Crippen molar-refractivity contribution in [3.8, 4) is 0 Å². The Morgan fingerprint density at radius 3 is 2.29 bits per heavy atom. The molecular formula is C20H23ClF2N6O12S4. The number of nitrogens with one attached hydrogen (secondary N) is 1. The van der Waals surface area contributed by atoms with Gasteiger partial charge in [0.1, 0.15) is 27.6 Å². The van der Waals surface area contributed by atoms with Crippen LogP contribution < -0.4 is 11.1 Å². The summed E-state index contributed by atoms with van der Waals surface area (Å²) in [5, 5.41) is 33.9. The fourth-order valence-corrected chi connectivity index (χ4v) is 5.42. The Hall–Kier alpha value is -2.85. The van der Waals surface area contributed by atoms with Gasteiger partial charge in [0.15, 0.2) is 22.2 Å². The molecule has 18 nitrogen and oxygen atoms in total. The van der Waals surface area contributed by atoms with Gasteiger partial charge in [0.25, 0.3) is 10.1 Å². The first kappa shape index (κ1) is 40.2. The summed E-state index contributed by atoms with van der Waals surface area (Å²) in [6.45, 7) is -0.323. The molecule has 0 radical (unpaired) electrons. The van der Waals surface area contributed by atoms with Crippen LogP contribution in [0.2, 0.25) is 5.02 Å². The molecular weight excluding hydrogens is 718 g/mol. The van der Waals surface area contributed by atoms with E-state index in [4.69, 9.17) is 32.0 Å². The minimum Gasteiger partial charge on any atom is -0.398 e. The van der Waals surface area contributed by atoms with E-state index in [0.29, 0.717) is 19.2 Å². The van der Waals surface area contributed by atoms with Crippen molar-refractivity contribution in [1.82, 2.24) is 9.97 Å². The Morgan fingerprint density at radius 2 is 1.73 bits per heavy atom. The molecule has 0 saturated carbocycles. The molecule has 0 atom stereocenters. The van der Waals surface area contributed by atoms with Crippen LogP contribution >= 0.6 is 36.0 Å². The van der Waals surface area contributed by atoms with Crippen molar-refractivity contribution >= 4 is 78.7 Å². The van der Waals surface area contributed by atoms with Crippen molar-refractivity contribution in [2.24, 2.45) is 10.2 Å². The molecule has 1 heterocycles. The number of nitrogens with two attached hydrogens (primary N) is 1. The summed E-state index contributed by atoms with van der Waals surface area (Å²) in [6, 6.07) is 5.84. The molecule has 0 aliphatic heterocycles. The third kappa shape index (κ3) is 13.6. The summed E-state index contributed by atoms with van der Waals surface area (Å²) >= 11 is 5.83. The van der Waals surface area contributed by atoms with Crippen LogP contribution in [-0.4, -0.2) is 68.5 Å². The van der Waals surface area contributed by atoms with Gasteiger partial charge in [-0.1, -0.05) is 21.7 Å². The molecule has 3 aromatic rings. The Bertz CT molecular complexity index is 1610. The molecule has 0 amide bonds. The average molecular weight is 741 g/mol. The second-order valence-corrected chi connectivity index (χ2v) is 12.4. The number of hydrogen-bond donors (Lipinski definition) is 5. The Balaban J connectivity index is 0.000000864. The van der Waals surface area contributed by atoms with Crippen LogP contribution in [0, 0.1) is 5.95 Å². The summed E-state index contributed by atoms with van der Waals surface area (Å²) < 4.78 is 92.1. The Morgan fingerprint density at radius 1 is 1.07 bits per heavy atom. The van der Waals surface area contributed by atoms with Crippen molar-refractivity contribution in [1.29, 1.82) is 0 Å². The summed E-state index contributed by atoms with van der Waals surface area (Å²) in [7, 11) is -6.51. The maximum Gasteiger partial charge on any atom is 0.296 e. The van der Waals surface area contributed by atoms with Gasteiger partial charge in [0, 0.05) is 7.05 Å². The first-order chi connectivity index (χ1) is 21.3. The number of alkyl halides is 1. The molecule has 0 aliphatic rings. The van der Waals surface area contributed by atoms with Crippen LogP contribution in [0.4, 0.5) is 31.5 Å². The summed E-state index contributed by atoms with van der Waals surface area (Å²) in [4.78, 5) is 5.90. The molecule has 0 unspecified atom stereocenters. The van der Waals surface area contributed by atoms with Gasteiger partial charge in [-0.3, -0.25) is 13.1 Å². The lowest BCUT2D eigenvalue weighted by Gasteiger charge is -2.10. The van der Waals surface area contributed by atoms with Gasteiger partial charge in [-0.05, 0) is 30.3 Å². The van der Waals surface area contributed by atoms with E-state index in [1.165, 1.54) is 31.4 Å². The SMILES string of the molecule is CF.CNc1cc(N)c(S(=O)(=O)O)cc1N=Nc1ccc(S(=O)(=O)CCOSOOO)cc1SOOO.Fc1ncncc1Cl. The second kappa shape index (κ2) is 20.3. The van der Waals surface area contributed by atoms with Gasteiger partial charge < -0.3 is 11.1 Å². The summed E-state index contributed by atoms with van der Waals surface area (Å²) in [6.07, 6.45) is 2.30. The fourth-order valence-electron chi connectivity index (χ4n) is 2.71. The van der Waals surface area contributed by atoms with Crippen LogP contribution in [0.25, 0.3) is 0 Å². The van der Waals surface area contributed by atoms with Gasteiger partial charge in [-0.25, -0.2) is 28.9 Å². The average Bonchev–Trinajstić information content (AvgIpc) is 3.01. The Kier molecular flexibility index (Phi) is 18.1. The van der Waals surface area contributed by atoms with Crippen molar-refractivity contribution in [2.45, 2.75) is 14.7 Å². The quantitative estimate of drug-likeness (QED) is 0.0212. The van der Waals surface area contributed by atoms with Crippen LogP contribution in [0.5, 0.6) is 0 Å². The number of azo groups is 1. The highest BCUT2D eigenvalue weighted by molar-refractivity contribution is 7.95. The highest BCUT2D eigenvalue weighted by Gasteiger charge is 2.19. The number of nitrogen functional groups attached to an aromatic ring is 1. The molecule has 0 aliphatic carbocycles. The van der Waals surface area contributed by atoms with Crippen molar-refractivity contribution in [2.75, 3.05) is 37.6 Å². The minimum atomic E-state index is -4.65. The maximum atomic E-state index is 12.5. The monoisotopic (exact) mass is 740 g/mol. The molecule has 1 aromatic heterocycles. The minimum absolute atomic E-state index is 0.0231. The largest absolute Gasteiger partial charge is 0.398 e. The van der Waals surface area contributed by atoms with E-state index in [-0.39, 0.29) is 56.5 Å². The smallest absolute Gasteiger partial charge is 0.296 e. The highest BCUT2D eigenvalue weighted by atomic mass is 35.5. The highest BCUT2D eigenvalue weighted by Crippen LogP contribution is 2.37. The van der Waals surface area contributed by atoms with Gasteiger partial charge in [-0.2, -0.15) is 12.8 Å². The fraction of sp³-hybridized carbons (Fsp3) is 0.200. The molecule has 0 spiro atoms. The third-order valence-corrected chi connectivity index (χ3v) is 8.40. The zero-order valence-corrected chi connectivity index (χ0v) is 26.6. The second-order valence-electron chi connectivity index (χ2n) is 7.20. The summed E-state index contributed by atoms with van der Waals surface area (Å²) in [5.41, 5.74) is 5.72. The van der Waals surface area contributed by atoms with E-state index >= 15 is 0 Å². The third-order valence-electron chi connectivity index (χ3n) is 4.55. The number of hydrogen-bond acceptors (Lipinski definition) is 19. The van der Waals surface area contributed by atoms with Crippen molar-refractivity contribution < 1.29 is 63.6 Å². The van der Waals surface area contributed by atoms with E-state index < -0.39 is 36.6 Å². The Labute approximate surface area is 267 Å². The van der Waals surface area contributed by atoms with Gasteiger partial charge in [0.05, 0.1) is 58.9 Å². The van der Waals surface area contributed by atoms with Crippen LogP contribution in [-0.2, 0) is 42.9 Å². The van der Waals surface area contributed by atoms with Crippen molar-refractivity contribution in [3.05, 3.63) is 53.8 Å². The molecule has 0 fully saturated rings. The van der Waals surface area contributed by atoms with E-state index in [1.807, 2.05) is 0 Å². The number of rotatable bonds is 14. The number of nitrogens with zero attached hydrogens (tertiary/aromatic N) is 4. The molecule has 3 rings (SSSR count). The molecule has 250 valence electrons.